The number of ketones is 1. The molecular formula is C26H29N4O2+. The summed E-state index contributed by atoms with van der Waals surface area (Å²) in [6, 6.07) is 16.8. The summed E-state index contributed by atoms with van der Waals surface area (Å²) in [6.45, 7) is 8.34. The molecule has 32 heavy (non-hydrogen) atoms. The van der Waals surface area contributed by atoms with Crippen LogP contribution in [-0.4, -0.2) is 48.1 Å². The molecule has 164 valence electrons. The van der Waals surface area contributed by atoms with Crippen LogP contribution in [0.15, 0.2) is 66.9 Å². The highest BCUT2D eigenvalue weighted by atomic mass is 16.2. The van der Waals surface area contributed by atoms with Gasteiger partial charge in [0.2, 0.25) is 5.78 Å². The van der Waals surface area contributed by atoms with Crippen LogP contribution in [0.25, 0.3) is 0 Å². The van der Waals surface area contributed by atoms with Gasteiger partial charge in [-0.1, -0.05) is 36.9 Å². The Morgan fingerprint density at radius 1 is 1.12 bits per heavy atom. The van der Waals surface area contributed by atoms with E-state index in [4.69, 9.17) is 11.1 Å². The molecule has 3 heterocycles. The van der Waals surface area contributed by atoms with Crippen molar-refractivity contribution in [1.82, 2.24) is 9.38 Å². The summed E-state index contributed by atoms with van der Waals surface area (Å²) in [5, 5.41) is 7.69. The van der Waals surface area contributed by atoms with E-state index < -0.39 is 5.92 Å². The number of quaternary nitrogens is 1. The molecule has 0 aromatic heterocycles. The predicted octanol–water partition coefficient (Wildman–Crippen LogP) is 2.71. The SMILES string of the molecule is C=C(C)N1CC2C[N@+]3(c4ccc(C(=N)N)cc4)C(=O)C(Cc4ccccc4)C(=O)[C@H]3C2C1. The Kier molecular flexibility index (Phi) is 4.78. The van der Waals surface area contributed by atoms with Crippen molar-refractivity contribution in [3.05, 3.63) is 78.0 Å². The summed E-state index contributed by atoms with van der Waals surface area (Å²) in [5.74, 6) is -0.142. The minimum Gasteiger partial charge on any atom is -0.384 e. The summed E-state index contributed by atoms with van der Waals surface area (Å²) >= 11 is 0. The summed E-state index contributed by atoms with van der Waals surface area (Å²) in [5.41, 5.74) is 9.13. The molecule has 0 aliphatic carbocycles. The van der Waals surface area contributed by atoms with E-state index in [1.54, 1.807) is 12.1 Å². The van der Waals surface area contributed by atoms with Crippen LogP contribution in [0.1, 0.15) is 18.1 Å². The number of fused-ring (bicyclic) bond motifs is 3. The number of Topliss-reactive ketones (excluding diaryl/α,β-unsaturated/α-hetero) is 1. The predicted molar refractivity (Wildman–Crippen MR) is 125 cm³/mol. The van der Waals surface area contributed by atoms with Crippen molar-refractivity contribution in [3.63, 3.8) is 0 Å². The van der Waals surface area contributed by atoms with Crippen LogP contribution in [0.4, 0.5) is 5.69 Å². The molecule has 3 fully saturated rings. The maximum absolute atomic E-state index is 14.0. The number of rotatable bonds is 5. The summed E-state index contributed by atoms with van der Waals surface area (Å²) < 4.78 is 0.105. The lowest BCUT2D eigenvalue weighted by atomic mass is 9.86. The molecule has 1 amide bonds. The summed E-state index contributed by atoms with van der Waals surface area (Å²) in [7, 11) is 0. The Balaban J connectivity index is 1.57. The number of amidine groups is 1. The first-order chi connectivity index (χ1) is 15.3. The minimum absolute atomic E-state index is 0.00531. The largest absolute Gasteiger partial charge is 0.384 e. The van der Waals surface area contributed by atoms with Crippen molar-refractivity contribution in [2.24, 2.45) is 23.5 Å². The fourth-order valence-electron chi connectivity index (χ4n) is 6.17. The zero-order valence-electron chi connectivity index (χ0n) is 18.3. The molecule has 3 N–H and O–H groups in total. The molecule has 3 aliphatic heterocycles. The van der Waals surface area contributed by atoms with E-state index in [0.717, 1.165) is 30.0 Å². The van der Waals surface area contributed by atoms with Crippen molar-refractivity contribution in [1.29, 1.82) is 5.41 Å². The maximum atomic E-state index is 14.0. The molecule has 0 radical (unpaired) electrons. The monoisotopic (exact) mass is 429 g/mol. The van der Waals surface area contributed by atoms with Crippen LogP contribution in [0.3, 0.4) is 0 Å². The van der Waals surface area contributed by atoms with Gasteiger partial charge in [0.05, 0.1) is 6.54 Å². The number of likely N-dealkylation sites (tertiary alicyclic amines) is 1. The molecule has 0 spiro atoms. The smallest absolute Gasteiger partial charge is 0.330 e. The van der Waals surface area contributed by atoms with E-state index in [-0.39, 0.29) is 39.9 Å². The second kappa shape index (κ2) is 7.41. The number of nitrogens with zero attached hydrogens (tertiary/aromatic N) is 2. The highest BCUT2D eigenvalue weighted by molar-refractivity contribution is 6.17. The summed E-state index contributed by atoms with van der Waals surface area (Å²) in [4.78, 5) is 30.1. The molecule has 6 nitrogen and oxygen atoms in total. The Labute approximate surface area is 188 Å². The van der Waals surface area contributed by atoms with Crippen LogP contribution in [0, 0.1) is 23.2 Å². The van der Waals surface area contributed by atoms with Crippen LogP contribution in [-0.2, 0) is 16.0 Å². The molecule has 2 aromatic rings. The Morgan fingerprint density at radius 2 is 1.81 bits per heavy atom. The molecular weight excluding hydrogens is 400 g/mol. The van der Waals surface area contributed by atoms with Crippen molar-refractivity contribution < 1.29 is 9.59 Å². The average Bonchev–Trinajstić information content (AvgIpc) is 3.39. The number of carbonyl (C=O) groups is 2. The zero-order valence-corrected chi connectivity index (χ0v) is 18.3. The van der Waals surface area contributed by atoms with Gasteiger partial charge in [0.25, 0.3) is 0 Å². The third-order valence-electron chi connectivity index (χ3n) is 7.68. The molecule has 5 atom stereocenters. The Bertz CT molecular complexity index is 1110. The van der Waals surface area contributed by atoms with Crippen LogP contribution in [0.2, 0.25) is 0 Å². The normalized spacial score (nSPS) is 31.0. The number of hydrogen-bond donors (Lipinski definition) is 2. The molecule has 0 saturated carbocycles. The van der Waals surface area contributed by atoms with Gasteiger partial charge in [0.15, 0.2) is 6.04 Å². The fourth-order valence-corrected chi connectivity index (χ4v) is 6.17. The van der Waals surface area contributed by atoms with E-state index in [0.29, 0.717) is 18.5 Å². The third-order valence-corrected chi connectivity index (χ3v) is 7.68. The standard InChI is InChI=1S/C26H29N4O2/c1-16(2)29-13-19-15-30(20-10-8-18(9-11-20)25(27)28)23(22(19)14-29)24(31)21(26(30)32)12-17-6-4-3-5-7-17/h3-11,19,21-23H,1,12-15H2,2H3,(H3,27,28)/q+1/t19?,21?,22?,23-,30-/m1/s1. The molecule has 3 aliphatic rings. The van der Waals surface area contributed by atoms with Gasteiger partial charge in [-0.3, -0.25) is 10.2 Å². The van der Waals surface area contributed by atoms with Gasteiger partial charge in [-0.05, 0) is 31.0 Å². The number of amides is 1. The van der Waals surface area contributed by atoms with E-state index in [1.807, 2.05) is 49.4 Å². The summed E-state index contributed by atoms with van der Waals surface area (Å²) in [6.07, 6.45) is 0.447. The molecule has 3 saturated heterocycles. The van der Waals surface area contributed by atoms with Gasteiger partial charge < -0.3 is 10.6 Å². The van der Waals surface area contributed by atoms with E-state index >= 15 is 0 Å². The van der Waals surface area contributed by atoms with Crippen LogP contribution >= 0.6 is 0 Å². The molecule has 6 heteroatoms. The second-order valence-corrected chi connectivity index (χ2v) is 9.50. The van der Waals surface area contributed by atoms with Crippen molar-refractivity contribution in [3.8, 4) is 0 Å². The van der Waals surface area contributed by atoms with Crippen LogP contribution in [0.5, 0.6) is 0 Å². The highest BCUT2D eigenvalue weighted by Gasteiger charge is 2.71. The van der Waals surface area contributed by atoms with Gasteiger partial charge >= 0.3 is 5.91 Å². The first-order valence-corrected chi connectivity index (χ1v) is 11.2. The molecule has 5 rings (SSSR count). The van der Waals surface area contributed by atoms with Crippen LogP contribution < -0.4 is 10.2 Å². The quantitative estimate of drug-likeness (QED) is 0.331. The van der Waals surface area contributed by atoms with E-state index in [1.165, 1.54) is 0 Å². The zero-order chi connectivity index (χ0) is 22.6. The molecule has 0 bridgehead atoms. The average molecular weight is 430 g/mol. The topological polar surface area (TPSA) is 87.2 Å². The lowest BCUT2D eigenvalue weighted by Crippen LogP contribution is -2.56. The first-order valence-electron chi connectivity index (χ1n) is 11.2. The van der Waals surface area contributed by atoms with E-state index in [2.05, 4.69) is 11.5 Å². The van der Waals surface area contributed by atoms with E-state index in [9.17, 15) is 9.59 Å². The van der Waals surface area contributed by atoms with Crippen molar-refractivity contribution >= 4 is 23.2 Å². The maximum Gasteiger partial charge on any atom is 0.330 e. The Morgan fingerprint density at radius 3 is 2.44 bits per heavy atom. The number of carbonyl (C=O) groups excluding carboxylic acids is 2. The number of hydrogen-bond acceptors (Lipinski definition) is 4. The first kappa shape index (κ1) is 20.6. The molecule has 2 aromatic carbocycles. The number of nitrogens with one attached hydrogen (secondary N) is 1. The highest BCUT2D eigenvalue weighted by Crippen LogP contribution is 2.51. The molecule has 3 unspecified atom stereocenters. The number of nitrogen functional groups attached to an aromatic ring is 1. The van der Waals surface area contributed by atoms with Crippen molar-refractivity contribution in [2.45, 2.75) is 19.4 Å². The number of benzene rings is 2. The second-order valence-electron chi connectivity index (χ2n) is 9.50. The van der Waals surface area contributed by atoms with Gasteiger partial charge in [-0.15, -0.1) is 0 Å². The minimum atomic E-state index is -0.630. The fraction of sp³-hybridized carbons (Fsp3) is 0.346. The van der Waals surface area contributed by atoms with Gasteiger partial charge in [-0.2, -0.15) is 0 Å². The Hall–Kier alpha value is -3.25. The van der Waals surface area contributed by atoms with Gasteiger partial charge in [-0.25, -0.2) is 9.28 Å². The lowest BCUT2D eigenvalue weighted by molar-refractivity contribution is -0.131. The number of allylic oxidation sites excluding steroid dienone is 1. The van der Waals surface area contributed by atoms with Crippen molar-refractivity contribution in [2.75, 3.05) is 19.6 Å². The number of nitrogens with two attached hydrogens (primary N) is 1. The van der Waals surface area contributed by atoms with Gasteiger partial charge in [0, 0.05) is 48.3 Å². The van der Waals surface area contributed by atoms with Gasteiger partial charge in [0.1, 0.15) is 17.4 Å². The third kappa shape index (κ3) is 2.93. The lowest BCUT2D eigenvalue weighted by Gasteiger charge is -2.33.